The second kappa shape index (κ2) is 4.95. The molecule has 0 aromatic heterocycles. The predicted octanol–water partition coefficient (Wildman–Crippen LogP) is 1.11. The monoisotopic (exact) mass is 165 g/mol. The molecule has 1 saturated carbocycles. The molecule has 1 aliphatic rings. The van der Waals surface area contributed by atoms with Crippen LogP contribution in [-0.2, 0) is 4.79 Å². The smallest absolute Gasteiger partial charge is 0.158 e. The van der Waals surface area contributed by atoms with Crippen LogP contribution in [0, 0.1) is 12.3 Å². The Bertz CT molecular complexity index is 187. The van der Waals surface area contributed by atoms with Gasteiger partial charge in [0.05, 0.1) is 13.0 Å². The van der Waals surface area contributed by atoms with E-state index in [-0.39, 0.29) is 12.2 Å². The SMILES string of the molecule is C#CCC(=O)CNC1CCCC1. The number of nitrogens with one attached hydrogen (secondary N) is 1. The molecular formula is C10H15NO. The standard InChI is InChI=1S/C10H15NO/c1-2-5-10(12)8-11-9-6-3-4-7-9/h1,9,11H,3-8H2. The molecule has 0 atom stereocenters. The average molecular weight is 165 g/mol. The third-order valence-electron chi connectivity index (χ3n) is 2.24. The summed E-state index contributed by atoms with van der Waals surface area (Å²) in [6.45, 7) is 0.453. The summed E-state index contributed by atoms with van der Waals surface area (Å²) in [6.07, 6.45) is 10.3. The quantitative estimate of drug-likeness (QED) is 0.632. The molecule has 1 rings (SSSR count). The van der Waals surface area contributed by atoms with Gasteiger partial charge in [0.15, 0.2) is 5.78 Å². The van der Waals surface area contributed by atoms with Crippen LogP contribution in [0.2, 0.25) is 0 Å². The van der Waals surface area contributed by atoms with E-state index in [0.29, 0.717) is 12.6 Å². The molecule has 66 valence electrons. The van der Waals surface area contributed by atoms with Crippen LogP contribution in [0.1, 0.15) is 32.1 Å². The molecule has 0 spiro atoms. The molecular weight excluding hydrogens is 150 g/mol. The Labute approximate surface area is 73.7 Å². The zero-order valence-corrected chi connectivity index (χ0v) is 7.31. The van der Waals surface area contributed by atoms with Crippen molar-refractivity contribution in [3.63, 3.8) is 0 Å². The van der Waals surface area contributed by atoms with E-state index in [9.17, 15) is 4.79 Å². The van der Waals surface area contributed by atoms with Crippen molar-refractivity contribution in [3.05, 3.63) is 0 Å². The fourth-order valence-electron chi connectivity index (χ4n) is 1.56. The van der Waals surface area contributed by atoms with Gasteiger partial charge in [-0.3, -0.25) is 4.79 Å². The second-order valence-corrected chi connectivity index (χ2v) is 3.28. The summed E-state index contributed by atoms with van der Waals surface area (Å²) in [5.41, 5.74) is 0. The molecule has 0 aromatic carbocycles. The van der Waals surface area contributed by atoms with Crippen molar-refractivity contribution in [2.45, 2.75) is 38.1 Å². The molecule has 1 aliphatic carbocycles. The van der Waals surface area contributed by atoms with Gasteiger partial charge in [0.25, 0.3) is 0 Å². The highest BCUT2D eigenvalue weighted by molar-refractivity contribution is 5.82. The summed E-state index contributed by atoms with van der Waals surface area (Å²) in [4.78, 5) is 11.0. The Kier molecular flexibility index (Phi) is 3.83. The number of carbonyl (C=O) groups excluding carboxylic acids is 1. The molecule has 12 heavy (non-hydrogen) atoms. The number of carbonyl (C=O) groups is 1. The second-order valence-electron chi connectivity index (χ2n) is 3.28. The summed E-state index contributed by atoms with van der Waals surface area (Å²) < 4.78 is 0. The van der Waals surface area contributed by atoms with Gasteiger partial charge < -0.3 is 5.32 Å². The van der Waals surface area contributed by atoms with Gasteiger partial charge in [-0.05, 0) is 12.8 Å². The van der Waals surface area contributed by atoms with Gasteiger partial charge in [0.1, 0.15) is 0 Å². The number of hydrogen-bond donors (Lipinski definition) is 1. The van der Waals surface area contributed by atoms with Crippen molar-refractivity contribution in [1.82, 2.24) is 5.32 Å². The maximum atomic E-state index is 11.0. The lowest BCUT2D eigenvalue weighted by Crippen LogP contribution is -2.31. The molecule has 2 heteroatoms. The van der Waals surface area contributed by atoms with Crippen LogP contribution in [0.25, 0.3) is 0 Å². The van der Waals surface area contributed by atoms with Crippen molar-refractivity contribution in [1.29, 1.82) is 0 Å². The third-order valence-corrected chi connectivity index (χ3v) is 2.24. The van der Waals surface area contributed by atoms with Gasteiger partial charge in [0.2, 0.25) is 0 Å². The first-order valence-corrected chi connectivity index (χ1v) is 4.51. The molecule has 0 unspecified atom stereocenters. The Morgan fingerprint density at radius 2 is 2.17 bits per heavy atom. The minimum absolute atomic E-state index is 0.129. The largest absolute Gasteiger partial charge is 0.307 e. The van der Waals surface area contributed by atoms with Crippen LogP contribution >= 0.6 is 0 Å². The Hall–Kier alpha value is -0.810. The normalized spacial score (nSPS) is 17.6. The van der Waals surface area contributed by atoms with Crippen LogP contribution in [0.15, 0.2) is 0 Å². The molecule has 2 nitrogen and oxygen atoms in total. The van der Waals surface area contributed by atoms with E-state index >= 15 is 0 Å². The van der Waals surface area contributed by atoms with Crippen molar-refractivity contribution in [3.8, 4) is 12.3 Å². The van der Waals surface area contributed by atoms with Crippen LogP contribution in [0.3, 0.4) is 0 Å². The zero-order chi connectivity index (χ0) is 8.81. The lowest BCUT2D eigenvalue weighted by molar-refractivity contribution is -0.117. The van der Waals surface area contributed by atoms with Crippen molar-refractivity contribution < 1.29 is 4.79 Å². The highest BCUT2D eigenvalue weighted by Crippen LogP contribution is 2.17. The predicted molar refractivity (Wildman–Crippen MR) is 48.7 cm³/mol. The van der Waals surface area contributed by atoms with Crippen molar-refractivity contribution in [2.24, 2.45) is 0 Å². The minimum Gasteiger partial charge on any atom is -0.307 e. The summed E-state index contributed by atoms with van der Waals surface area (Å²) in [5.74, 6) is 2.48. The van der Waals surface area contributed by atoms with Crippen LogP contribution in [0.4, 0.5) is 0 Å². The fourth-order valence-corrected chi connectivity index (χ4v) is 1.56. The lowest BCUT2D eigenvalue weighted by Gasteiger charge is -2.09. The van der Waals surface area contributed by atoms with E-state index in [0.717, 1.165) is 0 Å². The zero-order valence-electron chi connectivity index (χ0n) is 7.31. The highest BCUT2D eigenvalue weighted by Gasteiger charge is 2.14. The van der Waals surface area contributed by atoms with Crippen LogP contribution < -0.4 is 5.32 Å². The molecule has 0 aliphatic heterocycles. The van der Waals surface area contributed by atoms with Crippen molar-refractivity contribution >= 4 is 5.78 Å². The molecule has 0 bridgehead atoms. The van der Waals surface area contributed by atoms with Crippen LogP contribution in [0.5, 0.6) is 0 Å². The van der Waals surface area contributed by atoms with Gasteiger partial charge in [-0.2, -0.15) is 0 Å². The summed E-state index contributed by atoms with van der Waals surface area (Å²) in [6, 6.07) is 0.562. The lowest BCUT2D eigenvalue weighted by atomic mass is 10.2. The number of rotatable bonds is 4. The van der Waals surface area contributed by atoms with Gasteiger partial charge in [-0.1, -0.05) is 18.8 Å². The Balaban J connectivity index is 2.08. The van der Waals surface area contributed by atoms with Gasteiger partial charge in [-0.25, -0.2) is 0 Å². The molecule has 1 N–H and O–H groups in total. The minimum atomic E-state index is 0.129. The fraction of sp³-hybridized carbons (Fsp3) is 0.700. The van der Waals surface area contributed by atoms with E-state index in [1.807, 2.05) is 0 Å². The maximum absolute atomic E-state index is 11.0. The first-order chi connectivity index (χ1) is 5.83. The molecule has 1 fully saturated rings. The van der Waals surface area contributed by atoms with E-state index in [4.69, 9.17) is 6.42 Å². The molecule has 0 aromatic rings. The number of hydrogen-bond acceptors (Lipinski definition) is 2. The molecule has 0 amide bonds. The van der Waals surface area contributed by atoms with Crippen molar-refractivity contribution in [2.75, 3.05) is 6.54 Å². The van der Waals surface area contributed by atoms with E-state index in [1.54, 1.807) is 0 Å². The first-order valence-electron chi connectivity index (χ1n) is 4.51. The third kappa shape index (κ3) is 3.06. The van der Waals surface area contributed by atoms with E-state index in [2.05, 4.69) is 11.2 Å². The average Bonchev–Trinajstić information content (AvgIpc) is 2.53. The Morgan fingerprint density at radius 3 is 2.75 bits per heavy atom. The van der Waals surface area contributed by atoms with Crippen LogP contribution in [-0.4, -0.2) is 18.4 Å². The Morgan fingerprint density at radius 1 is 1.50 bits per heavy atom. The van der Waals surface area contributed by atoms with Gasteiger partial charge >= 0.3 is 0 Å². The number of ketones is 1. The number of terminal acetylenes is 1. The molecule has 0 heterocycles. The number of Topliss-reactive ketones (excluding diaryl/α,β-unsaturated/α-hetero) is 1. The summed E-state index contributed by atoms with van der Waals surface area (Å²) in [5, 5.41) is 3.22. The maximum Gasteiger partial charge on any atom is 0.158 e. The molecule has 0 saturated heterocycles. The first kappa shape index (κ1) is 9.28. The topological polar surface area (TPSA) is 29.1 Å². The summed E-state index contributed by atoms with van der Waals surface area (Å²) >= 11 is 0. The van der Waals surface area contributed by atoms with Gasteiger partial charge in [-0.15, -0.1) is 6.42 Å². The summed E-state index contributed by atoms with van der Waals surface area (Å²) in [7, 11) is 0. The molecule has 0 radical (unpaired) electrons. The highest BCUT2D eigenvalue weighted by atomic mass is 16.1. The van der Waals surface area contributed by atoms with E-state index < -0.39 is 0 Å². The van der Waals surface area contributed by atoms with E-state index in [1.165, 1.54) is 25.7 Å². The van der Waals surface area contributed by atoms with Gasteiger partial charge in [0, 0.05) is 6.04 Å².